The summed E-state index contributed by atoms with van der Waals surface area (Å²) in [5, 5.41) is 3.30. The molecule has 4 nitrogen and oxygen atoms in total. The molecular weight excluding hydrogens is 293 g/mol. The Balaban J connectivity index is 1.92. The molecule has 0 atom stereocenters. The maximum absolute atomic E-state index is 5.27. The van der Waals surface area contributed by atoms with Crippen molar-refractivity contribution in [1.29, 1.82) is 0 Å². The lowest BCUT2D eigenvalue weighted by Gasteiger charge is -2.22. The standard InChI is InChI=1S/C9H12IN3O/c10-7-5-11-9(12-6-7)13-8-1-3-14-4-2-8/h5-6,8H,1-4H2,(H,11,12,13). The molecule has 0 aromatic carbocycles. The average Bonchev–Trinajstić information content (AvgIpc) is 2.23. The van der Waals surface area contributed by atoms with E-state index >= 15 is 0 Å². The van der Waals surface area contributed by atoms with Gasteiger partial charge in [-0.2, -0.15) is 0 Å². The summed E-state index contributed by atoms with van der Waals surface area (Å²) in [5.41, 5.74) is 0. The van der Waals surface area contributed by atoms with Gasteiger partial charge in [0.15, 0.2) is 0 Å². The Kier molecular flexibility index (Phi) is 3.52. The van der Waals surface area contributed by atoms with Crippen molar-refractivity contribution in [2.75, 3.05) is 18.5 Å². The van der Waals surface area contributed by atoms with Crippen LogP contribution in [0.2, 0.25) is 0 Å². The molecule has 1 aliphatic heterocycles. The lowest BCUT2D eigenvalue weighted by Crippen LogP contribution is -2.28. The number of anilines is 1. The van der Waals surface area contributed by atoms with Gasteiger partial charge in [-0.1, -0.05) is 0 Å². The van der Waals surface area contributed by atoms with Crippen LogP contribution in [0.3, 0.4) is 0 Å². The summed E-state index contributed by atoms with van der Waals surface area (Å²) < 4.78 is 6.33. The molecule has 1 aromatic heterocycles. The monoisotopic (exact) mass is 305 g/mol. The Hall–Kier alpha value is -0.430. The lowest BCUT2D eigenvalue weighted by atomic mass is 10.1. The van der Waals surface area contributed by atoms with Crippen molar-refractivity contribution in [2.24, 2.45) is 0 Å². The van der Waals surface area contributed by atoms with E-state index in [0.29, 0.717) is 6.04 Å². The predicted molar refractivity (Wildman–Crippen MR) is 62.2 cm³/mol. The van der Waals surface area contributed by atoms with Crippen LogP contribution >= 0.6 is 22.6 Å². The second kappa shape index (κ2) is 4.88. The third-order valence-electron chi connectivity index (χ3n) is 2.17. The van der Waals surface area contributed by atoms with Gasteiger partial charge in [0.25, 0.3) is 0 Å². The third kappa shape index (κ3) is 2.78. The molecule has 14 heavy (non-hydrogen) atoms. The van der Waals surface area contributed by atoms with Gasteiger partial charge in [-0.3, -0.25) is 0 Å². The molecule has 0 aliphatic carbocycles. The highest BCUT2D eigenvalue weighted by molar-refractivity contribution is 14.1. The third-order valence-corrected chi connectivity index (χ3v) is 2.73. The minimum absolute atomic E-state index is 0.462. The van der Waals surface area contributed by atoms with E-state index in [4.69, 9.17) is 4.74 Å². The summed E-state index contributed by atoms with van der Waals surface area (Å²) in [6, 6.07) is 0.462. The second-order valence-electron chi connectivity index (χ2n) is 3.26. The first-order valence-electron chi connectivity index (χ1n) is 4.66. The van der Waals surface area contributed by atoms with Crippen LogP contribution in [0.25, 0.3) is 0 Å². The van der Waals surface area contributed by atoms with Gasteiger partial charge >= 0.3 is 0 Å². The van der Waals surface area contributed by atoms with Crippen LogP contribution in [-0.4, -0.2) is 29.2 Å². The van der Waals surface area contributed by atoms with Gasteiger partial charge in [-0.15, -0.1) is 0 Å². The smallest absolute Gasteiger partial charge is 0.222 e. The molecule has 0 unspecified atom stereocenters. The maximum atomic E-state index is 5.27. The molecule has 2 rings (SSSR count). The fourth-order valence-corrected chi connectivity index (χ4v) is 1.69. The quantitative estimate of drug-likeness (QED) is 0.845. The number of nitrogens with one attached hydrogen (secondary N) is 1. The zero-order valence-corrected chi connectivity index (χ0v) is 9.90. The van der Waals surface area contributed by atoms with Crippen molar-refractivity contribution >= 4 is 28.5 Å². The van der Waals surface area contributed by atoms with Gasteiger partial charge in [0.05, 0.1) is 0 Å². The van der Waals surface area contributed by atoms with E-state index in [0.717, 1.165) is 35.6 Å². The van der Waals surface area contributed by atoms with Crippen LogP contribution < -0.4 is 5.32 Å². The largest absolute Gasteiger partial charge is 0.381 e. The molecule has 76 valence electrons. The number of ether oxygens (including phenoxy) is 1. The van der Waals surface area contributed by atoms with Crippen molar-refractivity contribution in [3.63, 3.8) is 0 Å². The van der Waals surface area contributed by atoms with Crippen LogP contribution in [0.5, 0.6) is 0 Å². The van der Waals surface area contributed by atoms with E-state index in [-0.39, 0.29) is 0 Å². The number of halogens is 1. The Morgan fingerprint density at radius 1 is 1.29 bits per heavy atom. The van der Waals surface area contributed by atoms with Crippen molar-refractivity contribution in [3.8, 4) is 0 Å². The molecule has 0 bridgehead atoms. The molecular formula is C9H12IN3O. The first kappa shape index (κ1) is 10.1. The van der Waals surface area contributed by atoms with Gasteiger partial charge in [-0.25, -0.2) is 9.97 Å². The van der Waals surface area contributed by atoms with E-state index in [9.17, 15) is 0 Å². The molecule has 0 saturated carbocycles. The van der Waals surface area contributed by atoms with Crippen molar-refractivity contribution in [1.82, 2.24) is 9.97 Å². The van der Waals surface area contributed by atoms with Gasteiger partial charge in [0.1, 0.15) is 0 Å². The number of hydrogen-bond donors (Lipinski definition) is 1. The first-order chi connectivity index (χ1) is 6.84. The summed E-state index contributed by atoms with van der Waals surface area (Å²) in [6.45, 7) is 1.67. The Morgan fingerprint density at radius 2 is 1.93 bits per heavy atom. The van der Waals surface area contributed by atoms with Gasteiger partial charge in [0.2, 0.25) is 5.95 Å². The summed E-state index contributed by atoms with van der Waals surface area (Å²) in [4.78, 5) is 8.40. The zero-order chi connectivity index (χ0) is 9.80. The molecule has 2 heterocycles. The zero-order valence-electron chi connectivity index (χ0n) is 7.74. The van der Waals surface area contributed by atoms with Crippen LogP contribution in [0.15, 0.2) is 12.4 Å². The minimum atomic E-state index is 0.462. The van der Waals surface area contributed by atoms with E-state index in [2.05, 4.69) is 37.9 Å². The van der Waals surface area contributed by atoms with Gasteiger partial charge < -0.3 is 10.1 Å². The molecule has 5 heteroatoms. The molecule has 1 aromatic rings. The lowest BCUT2D eigenvalue weighted by molar-refractivity contribution is 0.0903. The molecule has 1 N–H and O–H groups in total. The molecule has 0 spiro atoms. The van der Waals surface area contributed by atoms with Crippen molar-refractivity contribution in [3.05, 3.63) is 16.0 Å². The van der Waals surface area contributed by atoms with Crippen LogP contribution in [0.4, 0.5) is 5.95 Å². The Bertz CT molecular complexity index is 285. The van der Waals surface area contributed by atoms with E-state index in [1.807, 2.05) is 12.4 Å². The molecule has 1 saturated heterocycles. The summed E-state index contributed by atoms with van der Waals surface area (Å²) in [5.74, 6) is 0.720. The maximum Gasteiger partial charge on any atom is 0.222 e. The summed E-state index contributed by atoms with van der Waals surface area (Å²) >= 11 is 2.19. The summed E-state index contributed by atoms with van der Waals surface area (Å²) in [6.07, 6.45) is 5.70. The van der Waals surface area contributed by atoms with E-state index < -0.39 is 0 Å². The van der Waals surface area contributed by atoms with Gasteiger partial charge in [0, 0.05) is 35.2 Å². The fraction of sp³-hybridized carbons (Fsp3) is 0.556. The van der Waals surface area contributed by atoms with Crippen LogP contribution in [0, 0.1) is 3.57 Å². The number of rotatable bonds is 2. The minimum Gasteiger partial charge on any atom is -0.381 e. The second-order valence-corrected chi connectivity index (χ2v) is 4.50. The highest BCUT2D eigenvalue weighted by Gasteiger charge is 2.13. The van der Waals surface area contributed by atoms with E-state index in [1.54, 1.807) is 0 Å². The number of nitrogens with zero attached hydrogens (tertiary/aromatic N) is 2. The number of aromatic nitrogens is 2. The Labute approximate surface area is 96.6 Å². The van der Waals surface area contributed by atoms with Crippen molar-refractivity contribution in [2.45, 2.75) is 18.9 Å². The van der Waals surface area contributed by atoms with Crippen LogP contribution in [-0.2, 0) is 4.74 Å². The highest BCUT2D eigenvalue weighted by Crippen LogP contribution is 2.11. The topological polar surface area (TPSA) is 47.0 Å². The summed E-state index contributed by atoms with van der Waals surface area (Å²) in [7, 11) is 0. The fourth-order valence-electron chi connectivity index (χ4n) is 1.41. The van der Waals surface area contributed by atoms with E-state index in [1.165, 1.54) is 0 Å². The normalized spacial score (nSPS) is 18.1. The first-order valence-corrected chi connectivity index (χ1v) is 5.74. The Morgan fingerprint density at radius 3 is 2.57 bits per heavy atom. The molecule has 0 amide bonds. The number of hydrogen-bond acceptors (Lipinski definition) is 4. The van der Waals surface area contributed by atoms with Crippen LogP contribution in [0.1, 0.15) is 12.8 Å². The van der Waals surface area contributed by atoms with Gasteiger partial charge in [-0.05, 0) is 35.4 Å². The molecule has 1 aliphatic rings. The predicted octanol–water partition coefficient (Wildman–Crippen LogP) is 1.67. The molecule has 1 fully saturated rings. The SMILES string of the molecule is Ic1cnc(NC2CCOCC2)nc1. The highest BCUT2D eigenvalue weighted by atomic mass is 127. The average molecular weight is 305 g/mol. The van der Waals surface area contributed by atoms with Crippen molar-refractivity contribution < 1.29 is 4.74 Å². The molecule has 0 radical (unpaired) electrons.